The van der Waals surface area contributed by atoms with Gasteiger partial charge < -0.3 is 9.47 Å². The molecule has 1 heterocycles. The zero-order valence-corrected chi connectivity index (χ0v) is 16.6. The molecule has 0 bridgehead atoms. The van der Waals surface area contributed by atoms with Gasteiger partial charge >= 0.3 is 0 Å². The number of hydrogen-bond acceptors (Lipinski definition) is 8. The maximum Gasteiger partial charge on any atom is 0.264 e. The third-order valence-electron chi connectivity index (χ3n) is 3.66. The van der Waals surface area contributed by atoms with Gasteiger partial charge in [0.2, 0.25) is 0 Å². The minimum atomic E-state index is -3.60. The summed E-state index contributed by atoms with van der Waals surface area (Å²) in [6.07, 6.45) is 7.60. The van der Waals surface area contributed by atoms with Crippen molar-refractivity contribution < 1.29 is 34.7 Å². The first-order valence-electron chi connectivity index (χ1n) is 8.61. The lowest BCUT2D eigenvalue weighted by Crippen LogP contribution is -2.22. The van der Waals surface area contributed by atoms with Crippen LogP contribution in [0.1, 0.15) is 51.4 Å². The number of hydrogen-bond donors (Lipinski definition) is 0. The first-order valence-corrected chi connectivity index (χ1v) is 12.2. The summed E-state index contributed by atoms with van der Waals surface area (Å²) in [5, 5.41) is 0. The quantitative estimate of drug-likeness (QED) is 0.339. The Balaban J connectivity index is 2.19. The van der Waals surface area contributed by atoms with Gasteiger partial charge in [-0.05, 0) is 38.5 Å². The lowest BCUT2D eigenvalue weighted by atomic mass is 10.1. The minimum Gasteiger partial charge on any atom is -0.353 e. The molecule has 1 saturated heterocycles. The van der Waals surface area contributed by atoms with Crippen LogP contribution in [-0.2, 0) is 38.1 Å². The molecule has 8 nitrogen and oxygen atoms in total. The van der Waals surface area contributed by atoms with Gasteiger partial charge in [0.05, 0.1) is 25.2 Å². The van der Waals surface area contributed by atoms with Gasteiger partial charge in [-0.15, -0.1) is 0 Å². The molecule has 150 valence electrons. The molecule has 0 aromatic carbocycles. The van der Waals surface area contributed by atoms with Crippen molar-refractivity contribution in [3.63, 3.8) is 0 Å². The molecule has 10 heteroatoms. The predicted octanol–water partition coefficient (Wildman–Crippen LogP) is 1.80. The Kier molecular flexibility index (Phi) is 10.4. The summed E-state index contributed by atoms with van der Waals surface area (Å²) < 4.78 is 65.3. The highest BCUT2D eigenvalue weighted by atomic mass is 32.2. The third kappa shape index (κ3) is 13.6. The lowest BCUT2D eigenvalue weighted by molar-refractivity contribution is -0.162. The fourth-order valence-corrected chi connectivity index (χ4v) is 3.61. The van der Waals surface area contributed by atoms with Crippen molar-refractivity contribution >= 4 is 20.2 Å². The molecule has 1 unspecified atom stereocenters. The second-order valence-corrected chi connectivity index (χ2v) is 9.50. The molecule has 25 heavy (non-hydrogen) atoms. The predicted molar refractivity (Wildman–Crippen MR) is 93.1 cm³/mol. The SMILES string of the molecule is CS(=O)(=O)OCC[C@H](CCCCCOC1CCCCO1)OS(C)(=O)=O. The molecule has 0 saturated carbocycles. The van der Waals surface area contributed by atoms with Crippen molar-refractivity contribution in [2.75, 3.05) is 32.3 Å². The molecule has 1 aliphatic rings. The summed E-state index contributed by atoms with van der Waals surface area (Å²) in [7, 11) is -7.14. The molecular formula is C15H30O8S2. The van der Waals surface area contributed by atoms with E-state index < -0.39 is 26.3 Å². The average molecular weight is 403 g/mol. The molecule has 2 atom stereocenters. The van der Waals surface area contributed by atoms with Gasteiger partial charge in [-0.25, -0.2) is 0 Å². The van der Waals surface area contributed by atoms with Crippen LogP contribution in [0, 0.1) is 0 Å². The van der Waals surface area contributed by atoms with Gasteiger partial charge in [-0.2, -0.15) is 16.8 Å². The molecule has 1 rings (SSSR count). The Morgan fingerprint density at radius 2 is 1.72 bits per heavy atom. The largest absolute Gasteiger partial charge is 0.353 e. The van der Waals surface area contributed by atoms with E-state index in [0.717, 1.165) is 57.6 Å². The van der Waals surface area contributed by atoms with Gasteiger partial charge in [-0.3, -0.25) is 8.37 Å². The zero-order chi connectivity index (χ0) is 18.8. The van der Waals surface area contributed by atoms with Gasteiger partial charge in [0.1, 0.15) is 0 Å². The van der Waals surface area contributed by atoms with Gasteiger partial charge in [0, 0.05) is 13.2 Å². The molecule has 0 N–H and O–H groups in total. The van der Waals surface area contributed by atoms with E-state index in [2.05, 4.69) is 4.18 Å². The van der Waals surface area contributed by atoms with Crippen LogP contribution in [0.5, 0.6) is 0 Å². The fraction of sp³-hybridized carbons (Fsp3) is 1.00. The standard InChI is InChI=1S/C15H30O8S2/c1-24(16,17)22-13-10-14(23-25(2,18)19)8-4-3-6-11-20-15-9-5-7-12-21-15/h14-15H,3-13H2,1-2H3/t14-,15?/m0/s1. The number of ether oxygens (including phenoxy) is 2. The fourth-order valence-electron chi connectivity index (χ4n) is 2.53. The first kappa shape index (κ1) is 22.8. The normalized spacial score (nSPS) is 20.5. The van der Waals surface area contributed by atoms with Crippen molar-refractivity contribution in [3.05, 3.63) is 0 Å². The van der Waals surface area contributed by atoms with Gasteiger partial charge in [-0.1, -0.05) is 12.8 Å². The third-order valence-corrected chi connectivity index (χ3v) is 4.88. The Bertz CT molecular complexity index is 552. The molecule has 0 spiro atoms. The van der Waals surface area contributed by atoms with Crippen LogP contribution in [0.2, 0.25) is 0 Å². The molecule has 0 radical (unpaired) electrons. The van der Waals surface area contributed by atoms with Crippen LogP contribution in [0.3, 0.4) is 0 Å². The summed E-state index contributed by atoms with van der Waals surface area (Å²) in [6, 6.07) is 0. The van der Waals surface area contributed by atoms with Crippen LogP contribution in [0.15, 0.2) is 0 Å². The monoisotopic (exact) mass is 402 g/mol. The number of rotatable bonds is 13. The van der Waals surface area contributed by atoms with Crippen LogP contribution in [0.25, 0.3) is 0 Å². The Labute approximate surface area is 151 Å². The van der Waals surface area contributed by atoms with Crippen LogP contribution in [-0.4, -0.2) is 61.6 Å². The Morgan fingerprint density at radius 3 is 2.32 bits per heavy atom. The van der Waals surface area contributed by atoms with Gasteiger partial charge in [0.15, 0.2) is 6.29 Å². The Morgan fingerprint density at radius 1 is 0.960 bits per heavy atom. The molecule has 1 aliphatic heterocycles. The highest BCUT2D eigenvalue weighted by Crippen LogP contribution is 2.16. The minimum absolute atomic E-state index is 0.0943. The van der Waals surface area contributed by atoms with Crippen molar-refractivity contribution in [2.45, 2.75) is 63.8 Å². The van der Waals surface area contributed by atoms with Crippen molar-refractivity contribution in [1.29, 1.82) is 0 Å². The smallest absolute Gasteiger partial charge is 0.264 e. The summed E-state index contributed by atoms with van der Waals surface area (Å²) in [5.74, 6) is 0. The molecule has 0 aromatic rings. The van der Waals surface area contributed by atoms with Crippen LogP contribution >= 0.6 is 0 Å². The molecule has 1 fully saturated rings. The van der Waals surface area contributed by atoms with Crippen LogP contribution < -0.4 is 0 Å². The number of unbranched alkanes of at least 4 members (excludes halogenated alkanes) is 2. The van der Waals surface area contributed by atoms with E-state index in [1.807, 2.05) is 0 Å². The summed E-state index contributed by atoms with van der Waals surface area (Å²) >= 11 is 0. The maximum absolute atomic E-state index is 11.3. The second kappa shape index (κ2) is 11.5. The summed E-state index contributed by atoms with van der Waals surface area (Å²) in [5.41, 5.74) is 0. The highest BCUT2D eigenvalue weighted by Gasteiger charge is 2.17. The molecular weight excluding hydrogens is 372 g/mol. The van der Waals surface area contributed by atoms with Gasteiger partial charge in [0.25, 0.3) is 20.2 Å². The topological polar surface area (TPSA) is 105 Å². The van der Waals surface area contributed by atoms with Crippen molar-refractivity contribution in [2.24, 2.45) is 0 Å². The molecule has 0 amide bonds. The maximum atomic E-state index is 11.3. The first-order chi connectivity index (χ1) is 11.7. The van der Waals surface area contributed by atoms with Crippen LogP contribution in [0.4, 0.5) is 0 Å². The molecule has 0 aromatic heterocycles. The van der Waals surface area contributed by atoms with Crippen molar-refractivity contribution in [1.82, 2.24) is 0 Å². The summed E-state index contributed by atoms with van der Waals surface area (Å²) in [4.78, 5) is 0. The van der Waals surface area contributed by atoms with Crippen molar-refractivity contribution in [3.8, 4) is 0 Å². The van der Waals surface area contributed by atoms with E-state index in [4.69, 9.17) is 13.7 Å². The zero-order valence-electron chi connectivity index (χ0n) is 15.0. The van der Waals surface area contributed by atoms with E-state index in [1.165, 1.54) is 0 Å². The highest BCUT2D eigenvalue weighted by molar-refractivity contribution is 7.86. The average Bonchev–Trinajstić information content (AvgIpc) is 2.48. The van der Waals surface area contributed by atoms with E-state index in [0.29, 0.717) is 13.0 Å². The molecule has 0 aliphatic carbocycles. The lowest BCUT2D eigenvalue weighted by Gasteiger charge is -2.22. The van der Waals surface area contributed by atoms with E-state index >= 15 is 0 Å². The van der Waals surface area contributed by atoms with E-state index in [-0.39, 0.29) is 19.3 Å². The van der Waals surface area contributed by atoms with E-state index in [9.17, 15) is 16.8 Å². The van der Waals surface area contributed by atoms with E-state index in [1.54, 1.807) is 0 Å². The second-order valence-electron chi connectivity index (χ2n) is 6.25. The Hall–Kier alpha value is -0.260. The summed E-state index contributed by atoms with van der Waals surface area (Å²) in [6.45, 7) is 1.27.